The summed E-state index contributed by atoms with van der Waals surface area (Å²) in [6, 6.07) is 6.18. The number of aliphatic imine (C=N–C) groups is 1. The van der Waals surface area contributed by atoms with Gasteiger partial charge in [-0.2, -0.15) is 4.99 Å². The van der Waals surface area contributed by atoms with Gasteiger partial charge >= 0.3 is 0 Å². The molecule has 0 unspecified atom stereocenters. The number of carbonyl (C=O) groups excluding carboxylic acids is 1. The van der Waals surface area contributed by atoms with Crippen LogP contribution in [-0.2, 0) is 9.53 Å². The highest BCUT2D eigenvalue weighted by Gasteiger charge is 2.26. The van der Waals surface area contributed by atoms with Crippen LogP contribution >= 0.6 is 11.8 Å². The molecule has 2 heterocycles. The fraction of sp³-hybridized carbons (Fsp3) is 0.250. The zero-order chi connectivity index (χ0) is 15.4. The lowest BCUT2D eigenvalue weighted by Crippen LogP contribution is -2.38. The summed E-state index contributed by atoms with van der Waals surface area (Å²) in [6.45, 7) is 2.85. The minimum atomic E-state index is -0.263. The standard InChI is InChI=1S/C16H15FN2O2S/c17-13-6-4-12(5-7-13)2-1-3-14-15(20)18-16(22-14)19-8-10-21-11-9-19/h1-7H,8-11H2/b2-1+,14-3+. The first kappa shape index (κ1) is 15.0. The predicted molar refractivity (Wildman–Crippen MR) is 85.9 cm³/mol. The minimum absolute atomic E-state index is 0.213. The molecular formula is C16H15FN2O2S. The first-order chi connectivity index (χ1) is 10.7. The number of ether oxygens (including phenoxy) is 1. The number of amides is 1. The van der Waals surface area contributed by atoms with E-state index >= 15 is 0 Å². The van der Waals surface area contributed by atoms with Gasteiger partial charge in [-0.25, -0.2) is 4.39 Å². The minimum Gasteiger partial charge on any atom is -0.378 e. The Balaban J connectivity index is 1.63. The molecule has 2 aliphatic heterocycles. The summed E-state index contributed by atoms with van der Waals surface area (Å²) in [5, 5.41) is 0.745. The second-order valence-electron chi connectivity index (χ2n) is 4.84. The quantitative estimate of drug-likeness (QED) is 0.786. The van der Waals surface area contributed by atoms with E-state index in [9.17, 15) is 9.18 Å². The van der Waals surface area contributed by atoms with Crippen LogP contribution in [0.3, 0.4) is 0 Å². The molecule has 2 aliphatic rings. The number of carbonyl (C=O) groups is 1. The maximum atomic E-state index is 12.8. The van der Waals surface area contributed by atoms with Gasteiger partial charge < -0.3 is 9.64 Å². The molecule has 0 aliphatic carbocycles. The molecule has 22 heavy (non-hydrogen) atoms. The molecule has 3 rings (SSSR count). The van der Waals surface area contributed by atoms with Crippen LogP contribution in [0.4, 0.5) is 4.39 Å². The molecule has 0 bridgehead atoms. The summed E-state index contributed by atoms with van der Waals surface area (Å²) >= 11 is 1.38. The predicted octanol–water partition coefficient (Wildman–Crippen LogP) is 2.68. The van der Waals surface area contributed by atoms with Crippen molar-refractivity contribution in [1.82, 2.24) is 4.90 Å². The highest BCUT2D eigenvalue weighted by Crippen LogP contribution is 2.28. The summed E-state index contributed by atoms with van der Waals surface area (Å²) in [5.74, 6) is -0.476. The van der Waals surface area contributed by atoms with Crippen molar-refractivity contribution in [2.24, 2.45) is 4.99 Å². The Morgan fingerprint density at radius 3 is 2.68 bits per heavy atom. The highest BCUT2D eigenvalue weighted by atomic mass is 32.2. The Morgan fingerprint density at radius 1 is 1.23 bits per heavy atom. The van der Waals surface area contributed by atoms with Crippen molar-refractivity contribution in [3.63, 3.8) is 0 Å². The van der Waals surface area contributed by atoms with E-state index in [1.165, 1.54) is 23.9 Å². The number of morpholine rings is 1. The van der Waals surface area contributed by atoms with E-state index in [-0.39, 0.29) is 11.7 Å². The maximum absolute atomic E-state index is 12.8. The zero-order valence-electron chi connectivity index (χ0n) is 11.9. The molecule has 0 N–H and O–H groups in total. The van der Waals surface area contributed by atoms with E-state index in [0.717, 1.165) is 23.8 Å². The van der Waals surface area contributed by atoms with Crippen LogP contribution in [0.15, 0.2) is 46.3 Å². The number of allylic oxidation sites excluding steroid dienone is 2. The van der Waals surface area contributed by atoms with Crippen LogP contribution in [0.2, 0.25) is 0 Å². The average molecular weight is 318 g/mol. The number of thioether (sulfide) groups is 1. The molecule has 0 saturated carbocycles. The number of hydrogen-bond donors (Lipinski definition) is 0. The molecule has 0 atom stereocenters. The Hall–Kier alpha value is -1.92. The van der Waals surface area contributed by atoms with Gasteiger partial charge in [0.05, 0.1) is 18.1 Å². The fourth-order valence-corrected chi connectivity index (χ4v) is 3.04. The largest absolute Gasteiger partial charge is 0.378 e. The number of halogens is 1. The Morgan fingerprint density at radius 2 is 1.95 bits per heavy atom. The summed E-state index contributed by atoms with van der Waals surface area (Å²) in [6.07, 6.45) is 5.35. The molecule has 1 amide bonds. The van der Waals surface area contributed by atoms with Crippen LogP contribution in [0.25, 0.3) is 6.08 Å². The third-order valence-corrected chi connectivity index (χ3v) is 4.36. The van der Waals surface area contributed by atoms with E-state index < -0.39 is 0 Å². The first-order valence-corrected chi connectivity index (χ1v) is 7.81. The van der Waals surface area contributed by atoms with E-state index in [1.807, 2.05) is 6.08 Å². The van der Waals surface area contributed by atoms with Crippen molar-refractivity contribution in [1.29, 1.82) is 0 Å². The molecule has 0 aromatic heterocycles. The van der Waals surface area contributed by atoms with E-state index in [1.54, 1.807) is 24.3 Å². The summed E-state index contributed by atoms with van der Waals surface area (Å²) in [4.78, 5) is 18.6. The number of amidine groups is 1. The molecule has 0 radical (unpaired) electrons. The normalized spacial score (nSPS) is 21.0. The maximum Gasteiger partial charge on any atom is 0.286 e. The van der Waals surface area contributed by atoms with Crippen molar-refractivity contribution < 1.29 is 13.9 Å². The SMILES string of the molecule is O=C1N=C(N2CCOCC2)S/C1=C/C=C/c1ccc(F)cc1. The van der Waals surface area contributed by atoms with Crippen molar-refractivity contribution in [2.75, 3.05) is 26.3 Å². The third kappa shape index (κ3) is 3.64. The lowest BCUT2D eigenvalue weighted by atomic mass is 10.2. The molecule has 6 heteroatoms. The Kier molecular flexibility index (Phi) is 4.70. The second kappa shape index (κ2) is 6.89. The summed E-state index contributed by atoms with van der Waals surface area (Å²) in [7, 11) is 0. The third-order valence-electron chi connectivity index (χ3n) is 3.30. The van der Waals surface area contributed by atoms with Crippen LogP contribution in [-0.4, -0.2) is 42.3 Å². The smallest absolute Gasteiger partial charge is 0.286 e. The number of hydrogen-bond acceptors (Lipinski definition) is 4. The van der Waals surface area contributed by atoms with Gasteiger partial charge in [-0.05, 0) is 35.5 Å². The van der Waals surface area contributed by atoms with Crippen LogP contribution in [0, 0.1) is 5.82 Å². The average Bonchev–Trinajstić information content (AvgIpc) is 2.91. The molecule has 1 fully saturated rings. The van der Waals surface area contributed by atoms with Gasteiger partial charge in [0.2, 0.25) is 0 Å². The topological polar surface area (TPSA) is 41.9 Å². The zero-order valence-corrected chi connectivity index (χ0v) is 12.7. The van der Waals surface area contributed by atoms with Gasteiger partial charge in [0.15, 0.2) is 5.17 Å². The highest BCUT2D eigenvalue weighted by molar-refractivity contribution is 8.18. The monoisotopic (exact) mass is 318 g/mol. The summed E-state index contributed by atoms with van der Waals surface area (Å²) in [5.41, 5.74) is 0.878. The molecule has 4 nitrogen and oxygen atoms in total. The van der Waals surface area contributed by atoms with Gasteiger partial charge in [0, 0.05) is 13.1 Å². The molecule has 114 valence electrons. The van der Waals surface area contributed by atoms with E-state index in [0.29, 0.717) is 18.1 Å². The molecular weight excluding hydrogens is 303 g/mol. The van der Waals surface area contributed by atoms with E-state index in [2.05, 4.69) is 9.89 Å². The fourth-order valence-electron chi connectivity index (χ4n) is 2.12. The first-order valence-electron chi connectivity index (χ1n) is 7.00. The van der Waals surface area contributed by atoms with Crippen molar-refractivity contribution in [2.45, 2.75) is 0 Å². The van der Waals surface area contributed by atoms with Gasteiger partial charge in [-0.1, -0.05) is 24.3 Å². The number of benzene rings is 1. The van der Waals surface area contributed by atoms with Gasteiger partial charge in [-0.15, -0.1) is 0 Å². The number of rotatable bonds is 2. The molecule has 1 aromatic rings. The molecule has 0 spiro atoms. The van der Waals surface area contributed by atoms with Crippen LogP contribution < -0.4 is 0 Å². The van der Waals surface area contributed by atoms with Gasteiger partial charge in [-0.3, -0.25) is 4.79 Å². The van der Waals surface area contributed by atoms with Crippen LogP contribution in [0.5, 0.6) is 0 Å². The lowest BCUT2D eigenvalue weighted by molar-refractivity contribution is -0.113. The molecule has 1 aromatic carbocycles. The van der Waals surface area contributed by atoms with Crippen molar-refractivity contribution in [3.05, 3.63) is 52.7 Å². The van der Waals surface area contributed by atoms with Gasteiger partial charge in [0.25, 0.3) is 5.91 Å². The number of nitrogens with zero attached hydrogens (tertiary/aromatic N) is 2. The summed E-state index contributed by atoms with van der Waals surface area (Å²) < 4.78 is 18.1. The van der Waals surface area contributed by atoms with Crippen molar-refractivity contribution in [3.8, 4) is 0 Å². The molecule has 1 saturated heterocycles. The Labute approximate surface area is 132 Å². The van der Waals surface area contributed by atoms with Crippen LogP contribution in [0.1, 0.15) is 5.56 Å². The van der Waals surface area contributed by atoms with Crippen molar-refractivity contribution >= 4 is 28.9 Å². The second-order valence-corrected chi connectivity index (χ2v) is 5.85. The Bertz CT molecular complexity index is 647. The van der Waals surface area contributed by atoms with E-state index in [4.69, 9.17) is 4.74 Å². The lowest BCUT2D eigenvalue weighted by Gasteiger charge is -2.27. The van der Waals surface area contributed by atoms with Gasteiger partial charge in [0.1, 0.15) is 5.82 Å².